The second-order valence-electron chi connectivity index (χ2n) is 8.63. The summed E-state index contributed by atoms with van der Waals surface area (Å²) in [6.07, 6.45) is 2.76. The van der Waals surface area contributed by atoms with Gasteiger partial charge in [-0.15, -0.1) is 11.3 Å². The number of fused-ring (bicyclic) bond motifs is 3. The van der Waals surface area contributed by atoms with Gasteiger partial charge < -0.3 is 15.7 Å². The zero-order chi connectivity index (χ0) is 18.6. The second kappa shape index (κ2) is 6.02. The zero-order valence-corrected chi connectivity index (χ0v) is 16.6. The van der Waals surface area contributed by atoms with Gasteiger partial charge in [-0.05, 0) is 55.2 Å². The molecular weight excluding hydrogens is 344 g/mol. The Morgan fingerprint density at radius 1 is 1.23 bits per heavy atom. The lowest BCUT2D eigenvalue weighted by molar-refractivity contribution is 0.0934. The summed E-state index contributed by atoms with van der Waals surface area (Å²) in [5.41, 5.74) is 4.09. The number of aromatic hydroxyl groups is 1. The normalized spacial score (nSPS) is 22.2. The van der Waals surface area contributed by atoms with E-state index in [0.717, 1.165) is 35.4 Å². The Balaban J connectivity index is 1.68. The monoisotopic (exact) mass is 370 g/mol. The van der Waals surface area contributed by atoms with Gasteiger partial charge in [-0.2, -0.15) is 0 Å². The molecule has 2 aliphatic rings. The van der Waals surface area contributed by atoms with Crippen LogP contribution in [0.4, 0.5) is 5.00 Å². The van der Waals surface area contributed by atoms with E-state index in [1.165, 1.54) is 10.4 Å². The molecule has 1 aliphatic carbocycles. The molecule has 0 unspecified atom stereocenters. The number of rotatable bonds is 1. The minimum Gasteiger partial charge on any atom is -0.508 e. The maximum Gasteiger partial charge on any atom is 0.256 e. The maximum absolute atomic E-state index is 12.9. The minimum absolute atomic E-state index is 0.0311. The van der Waals surface area contributed by atoms with Gasteiger partial charge in [0.05, 0.1) is 5.56 Å². The molecule has 1 amide bonds. The van der Waals surface area contributed by atoms with Crippen LogP contribution in [-0.2, 0) is 12.8 Å². The van der Waals surface area contributed by atoms with Crippen LogP contribution in [0.2, 0.25) is 0 Å². The van der Waals surface area contributed by atoms with Crippen molar-refractivity contribution in [2.75, 3.05) is 5.32 Å². The molecule has 1 aromatic carbocycles. The van der Waals surface area contributed by atoms with Crippen LogP contribution in [-0.4, -0.2) is 11.0 Å². The van der Waals surface area contributed by atoms with E-state index in [2.05, 4.69) is 31.4 Å². The Morgan fingerprint density at radius 3 is 2.73 bits per heavy atom. The van der Waals surface area contributed by atoms with Crippen molar-refractivity contribution in [2.24, 2.45) is 11.3 Å². The molecule has 0 saturated heterocycles. The molecule has 138 valence electrons. The van der Waals surface area contributed by atoms with E-state index in [1.54, 1.807) is 17.4 Å². The Bertz CT molecular complexity index is 879. The fraction of sp³-hybridized carbons (Fsp3) is 0.476. The van der Waals surface area contributed by atoms with Gasteiger partial charge in [0.2, 0.25) is 0 Å². The Kier molecular flexibility index (Phi) is 4.03. The molecule has 4 nitrogen and oxygen atoms in total. The summed E-state index contributed by atoms with van der Waals surface area (Å²) in [5.74, 6) is 0.817. The van der Waals surface area contributed by atoms with Crippen molar-refractivity contribution in [1.29, 1.82) is 0 Å². The third kappa shape index (κ3) is 2.88. The first-order valence-electron chi connectivity index (χ1n) is 9.25. The largest absolute Gasteiger partial charge is 0.508 e. The predicted octanol–water partition coefficient (Wildman–Crippen LogP) is 4.77. The molecule has 0 radical (unpaired) electrons. The van der Waals surface area contributed by atoms with E-state index >= 15 is 0 Å². The third-order valence-corrected chi connectivity index (χ3v) is 6.95. The van der Waals surface area contributed by atoms with Gasteiger partial charge in [-0.25, -0.2) is 0 Å². The number of nitrogens with one attached hydrogen (secondary N) is 2. The number of anilines is 1. The number of hydrogen-bond acceptors (Lipinski definition) is 4. The van der Waals surface area contributed by atoms with Gasteiger partial charge in [0.1, 0.15) is 16.9 Å². The summed E-state index contributed by atoms with van der Waals surface area (Å²) < 4.78 is 0. The molecule has 0 fully saturated rings. The average Bonchev–Trinajstić information content (AvgIpc) is 2.94. The molecule has 26 heavy (non-hydrogen) atoms. The van der Waals surface area contributed by atoms with Crippen molar-refractivity contribution in [3.63, 3.8) is 0 Å². The van der Waals surface area contributed by atoms with Crippen molar-refractivity contribution in [1.82, 2.24) is 5.32 Å². The number of carbonyl (C=O) groups is 1. The van der Waals surface area contributed by atoms with E-state index in [0.29, 0.717) is 11.5 Å². The van der Waals surface area contributed by atoms with E-state index in [9.17, 15) is 9.90 Å². The van der Waals surface area contributed by atoms with Gasteiger partial charge in [0, 0.05) is 10.4 Å². The van der Waals surface area contributed by atoms with E-state index in [-0.39, 0.29) is 17.1 Å². The quantitative estimate of drug-likeness (QED) is 0.678. The maximum atomic E-state index is 12.9. The molecule has 1 aliphatic heterocycles. The first kappa shape index (κ1) is 17.4. The van der Waals surface area contributed by atoms with Crippen LogP contribution < -0.4 is 10.6 Å². The summed E-state index contributed by atoms with van der Waals surface area (Å²) in [5, 5.41) is 17.6. The summed E-state index contributed by atoms with van der Waals surface area (Å²) >= 11 is 1.72. The summed E-state index contributed by atoms with van der Waals surface area (Å²) in [6.45, 7) is 8.89. The van der Waals surface area contributed by atoms with Crippen molar-refractivity contribution >= 4 is 22.2 Å². The lowest BCUT2D eigenvalue weighted by atomic mass is 9.72. The van der Waals surface area contributed by atoms with Crippen LogP contribution in [0, 0.1) is 18.3 Å². The smallest absolute Gasteiger partial charge is 0.256 e. The summed E-state index contributed by atoms with van der Waals surface area (Å²) in [4.78, 5) is 14.2. The highest BCUT2D eigenvalue weighted by atomic mass is 32.1. The number of hydrogen-bond donors (Lipinski definition) is 3. The van der Waals surface area contributed by atoms with Crippen LogP contribution in [0.1, 0.15) is 65.3 Å². The zero-order valence-electron chi connectivity index (χ0n) is 15.8. The summed E-state index contributed by atoms with van der Waals surface area (Å²) in [6, 6.07) is 5.47. The Labute approximate surface area is 158 Å². The lowest BCUT2D eigenvalue weighted by Gasteiger charge is -2.34. The highest BCUT2D eigenvalue weighted by Crippen LogP contribution is 2.46. The first-order chi connectivity index (χ1) is 12.2. The molecule has 2 aromatic rings. The molecule has 1 aromatic heterocycles. The number of carbonyl (C=O) groups excluding carboxylic acids is 1. The highest BCUT2D eigenvalue weighted by Gasteiger charge is 2.36. The van der Waals surface area contributed by atoms with Gasteiger partial charge >= 0.3 is 0 Å². The SMILES string of the molecule is Cc1ccc(O)c([C@@H]2NC(=O)c3c(sc4c3CC[C@H](C(C)(C)C)C4)N2)c1. The third-order valence-electron chi connectivity index (χ3n) is 5.76. The van der Waals surface area contributed by atoms with Crippen LogP contribution in [0.15, 0.2) is 18.2 Å². The number of benzene rings is 1. The molecule has 3 N–H and O–H groups in total. The number of amides is 1. The number of phenols is 1. The van der Waals surface area contributed by atoms with Gasteiger partial charge in [-0.1, -0.05) is 32.4 Å². The first-order valence-corrected chi connectivity index (χ1v) is 10.1. The lowest BCUT2D eigenvalue weighted by Crippen LogP contribution is -2.38. The van der Waals surface area contributed by atoms with Crippen molar-refractivity contribution in [2.45, 2.75) is 53.1 Å². The number of phenolic OH excluding ortho intramolecular Hbond substituents is 1. The molecule has 0 spiro atoms. The van der Waals surface area contributed by atoms with E-state index < -0.39 is 6.17 Å². The van der Waals surface area contributed by atoms with Crippen LogP contribution >= 0.6 is 11.3 Å². The van der Waals surface area contributed by atoms with Crippen molar-refractivity contribution in [3.05, 3.63) is 45.3 Å². The topological polar surface area (TPSA) is 61.4 Å². The molecule has 4 rings (SSSR count). The van der Waals surface area contributed by atoms with Crippen LogP contribution in [0.3, 0.4) is 0 Å². The fourth-order valence-electron chi connectivity index (χ4n) is 4.10. The van der Waals surface area contributed by atoms with Gasteiger partial charge in [0.15, 0.2) is 0 Å². The minimum atomic E-state index is -0.395. The summed E-state index contributed by atoms with van der Waals surface area (Å²) in [7, 11) is 0. The molecular formula is C21H26N2O2S. The molecule has 2 atom stereocenters. The molecule has 0 bridgehead atoms. The molecule has 2 heterocycles. The van der Waals surface area contributed by atoms with Crippen LogP contribution in [0.25, 0.3) is 0 Å². The number of aryl methyl sites for hydroxylation is 1. The van der Waals surface area contributed by atoms with Crippen molar-refractivity contribution in [3.8, 4) is 5.75 Å². The van der Waals surface area contributed by atoms with Crippen LogP contribution in [0.5, 0.6) is 5.75 Å². The fourth-order valence-corrected chi connectivity index (χ4v) is 5.45. The van der Waals surface area contributed by atoms with E-state index in [1.807, 2.05) is 19.1 Å². The molecule has 5 heteroatoms. The molecule has 0 saturated carbocycles. The Morgan fingerprint density at radius 2 is 2.00 bits per heavy atom. The van der Waals surface area contributed by atoms with E-state index in [4.69, 9.17) is 0 Å². The standard InChI is InChI=1S/C21H26N2O2S/c1-11-5-8-15(24)14(9-11)18-22-19(25)17-13-7-6-12(21(2,3)4)10-16(13)26-20(17)23-18/h5,8-9,12,18,23-24H,6-7,10H2,1-4H3,(H,22,25)/t12-,18+/m0/s1. The predicted molar refractivity (Wildman–Crippen MR) is 106 cm³/mol. The van der Waals surface area contributed by atoms with Gasteiger partial charge in [0.25, 0.3) is 5.91 Å². The second-order valence-corrected chi connectivity index (χ2v) is 9.73. The number of thiophene rings is 1. The van der Waals surface area contributed by atoms with Gasteiger partial charge in [-0.3, -0.25) is 4.79 Å². The van der Waals surface area contributed by atoms with Crippen molar-refractivity contribution < 1.29 is 9.90 Å². The average molecular weight is 371 g/mol. The highest BCUT2D eigenvalue weighted by molar-refractivity contribution is 7.16. The Hall–Kier alpha value is -2.01.